The smallest absolute Gasteiger partial charge is 0.189 e. The van der Waals surface area contributed by atoms with Crippen molar-refractivity contribution in [3.63, 3.8) is 0 Å². The summed E-state index contributed by atoms with van der Waals surface area (Å²) in [6.45, 7) is 0.571. The van der Waals surface area contributed by atoms with Crippen LogP contribution >= 0.6 is 11.3 Å². The van der Waals surface area contributed by atoms with Crippen LogP contribution in [0.25, 0.3) is 11.8 Å². The van der Waals surface area contributed by atoms with Gasteiger partial charge in [-0.25, -0.2) is 4.98 Å². The molecule has 0 atom stereocenters. The number of Topliss-reactive ketones (excluding diaryl/α,β-unsaturated/α-hetero) is 1. The Morgan fingerprint density at radius 2 is 2.03 bits per heavy atom. The lowest BCUT2D eigenvalue weighted by Gasteiger charge is -2.18. The first kappa shape index (κ1) is 19.5. The van der Waals surface area contributed by atoms with Crippen LogP contribution in [0.3, 0.4) is 0 Å². The van der Waals surface area contributed by atoms with E-state index < -0.39 is 0 Å². The lowest BCUT2D eigenvalue weighted by Crippen LogP contribution is -2.14. The van der Waals surface area contributed by atoms with E-state index in [9.17, 15) is 4.79 Å². The Kier molecular flexibility index (Phi) is 5.50. The molecule has 154 valence electrons. The Hall–Kier alpha value is -3.44. The number of imidazole rings is 1. The van der Waals surface area contributed by atoms with Gasteiger partial charge in [-0.15, -0.1) is 11.3 Å². The molecule has 0 saturated carbocycles. The number of nitrogens with zero attached hydrogens (tertiary/aromatic N) is 2. The zero-order valence-electron chi connectivity index (χ0n) is 17.0. The Labute approximate surface area is 185 Å². The van der Waals surface area contributed by atoms with Gasteiger partial charge in [0.15, 0.2) is 5.78 Å². The van der Waals surface area contributed by atoms with Crippen molar-refractivity contribution in [3.8, 4) is 11.4 Å². The molecule has 0 amide bonds. The number of aromatic nitrogens is 2. The molecular weight excluding hydrogens is 404 g/mol. The van der Waals surface area contributed by atoms with E-state index in [0.29, 0.717) is 6.61 Å². The van der Waals surface area contributed by atoms with Crippen molar-refractivity contribution in [2.75, 3.05) is 6.61 Å². The van der Waals surface area contributed by atoms with E-state index in [1.807, 2.05) is 64.7 Å². The summed E-state index contributed by atoms with van der Waals surface area (Å²) >= 11 is 1.66. The summed E-state index contributed by atoms with van der Waals surface area (Å²) in [6.07, 6.45) is 9.98. The molecule has 0 radical (unpaired) electrons. The molecule has 5 rings (SSSR count). The summed E-state index contributed by atoms with van der Waals surface area (Å²) in [5.74, 6) is 0.952. The number of hydrogen-bond donors (Lipinski definition) is 0. The number of carbonyl (C=O) groups excluding carboxylic acids is 1. The number of para-hydroxylation sites is 1. The van der Waals surface area contributed by atoms with Gasteiger partial charge in [0.25, 0.3) is 0 Å². The number of rotatable bonds is 6. The van der Waals surface area contributed by atoms with Crippen molar-refractivity contribution < 1.29 is 9.53 Å². The molecule has 1 aliphatic carbocycles. The summed E-state index contributed by atoms with van der Waals surface area (Å²) in [4.78, 5) is 18.2. The van der Waals surface area contributed by atoms with Gasteiger partial charge in [0, 0.05) is 40.5 Å². The third-order valence-corrected chi connectivity index (χ3v) is 6.37. The predicted octanol–water partition coefficient (Wildman–Crippen LogP) is 5.77. The molecule has 0 unspecified atom stereocenters. The van der Waals surface area contributed by atoms with Crippen LogP contribution in [0.5, 0.6) is 5.75 Å². The minimum absolute atomic E-state index is 0.135. The van der Waals surface area contributed by atoms with Crippen LogP contribution in [0.2, 0.25) is 0 Å². The minimum Gasteiger partial charge on any atom is -0.493 e. The highest BCUT2D eigenvalue weighted by atomic mass is 32.1. The minimum atomic E-state index is 0.135. The number of ketones is 1. The molecule has 4 nitrogen and oxygen atoms in total. The Bertz CT molecular complexity index is 1220. The average molecular weight is 427 g/mol. The maximum absolute atomic E-state index is 12.9. The quantitative estimate of drug-likeness (QED) is 0.368. The first-order chi connectivity index (χ1) is 15.3. The lowest BCUT2D eigenvalue weighted by atomic mass is 9.86. The highest BCUT2D eigenvalue weighted by molar-refractivity contribution is 7.10. The fourth-order valence-electron chi connectivity index (χ4n) is 3.98. The topological polar surface area (TPSA) is 44.1 Å². The first-order valence-corrected chi connectivity index (χ1v) is 11.3. The lowest BCUT2D eigenvalue weighted by molar-refractivity contribution is 0.102. The second-order valence-corrected chi connectivity index (χ2v) is 8.51. The summed E-state index contributed by atoms with van der Waals surface area (Å²) in [6, 6.07) is 18.2. The maximum Gasteiger partial charge on any atom is 0.189 e. The number of allylic oxidation sites excluding steroid dienone is 1. The van der Waals surface area contributed by atoms with Gasteiger partial charge < -0.3 is 9.30 Å². The van der Waals surface area contributed by atoms with Crippen LogP contribution in [0.15, 0.2) is 84.3 Å². The molecule has 2 aromatic heterocycles. The van der Waals surface area contributed by atoms with Crippen molar-refractivity contribution in [2.24, 2.45) is 0 Å². The summed E-state index contributed by atoms with van der Waals surface area (Å²) in [7, 11) is 0. The van der Waals surface area contributed by atoms with Gasteiger partial charge in [0.2, 0.25) is 0 Å². The third-order valence-electron chi connectivity index (χ3n) is 5.55. The molecule has 0 saturated heterocycles. The highest BCUT2D eigenvalue weighted by Gasteiger charge is 2.22. The van der Waals surface area contributed by atoms with E-state index in [1.165, 1.54) is 5.56 Å². The SMILES string of the molecule is O=C1C(=Cc2cccs2)CCc2cc(OCCc3ccccc3-n3ccnc3)ccc21. The van der Waals surface area contributed by atoms with E-state index in [2.05, 4.69) is 17.1 Å². The van der Waals surface area contributed by atoms with Crippen LogP contribution in [-0.4, -0.2) is 21.9 Å². The fourth-order valence-corrected chi connectivity index (χ4v) is 4.66. The largest absolute Gasteiger partial charge is 0.493 e. The number of aryl methyl sites for hydroxylation is 1. The average Bonchev–Trinajstić information content (AvgIpc) is 3.51. The van der Waals surface area contributed by atoms with Crippen LogP contribution < -0.4 is 4.74 Å². The molecule has 31 heavy (non-hydrogen) atoms. The molecule has 2 heterocycles. The Balaban J connectivity index is 1.26. The molecule has 2 aromatic carbocycles. The molecular formula is C26H22N2O2S. The van der Waals surface area contributed by atoms with Crippen molar-refractivity contribution in [1.29, 1.82) is 0 Å². The van der Waals surface area contributed by atoms with Crippen molar-refractivity contribution >= 4 is 23.2 Å². The monoisotopic (exact) mass is 426 g/mol. The second kappa shape index (κ2) is 8.74. The molecule has 0 spiro atoms. The van der Waals surface area contributed by atoms with E-state index in [0.717, 1.165) is 52.3 Å². The number of hydrogen-bond acceptors (Lipinski definition) is 4. The van der Waals surface area contributed by atoms with E-state index in [4.69, 9.17) is 4.74 Å². The van der Waals surface area contributed by atoms with Crippen LogP contribution in [0.1, 0.15) is 32.8 Å². The van der Waals surface area contributed by atoms with Crippen molar-refractivity contribution in [1.82, 2.24) is 9.55 Å². The van der Waals surface area contributed by atoms with Gasteiger partial charge in [-0.3, -0.25) is 4.79 Å². The maximum atomic E-state index is 12.9. The Morgan fingerprint density at radius 1 is 1.10 bits per heavy atom. The summed E-state index contributed by atoms with van der Waals surface area (Å²) in [5, 5.41) is 2.03. The molecule has 0 N–H and O–H groups in total. The van der Waals surface area contributed by atoms with Crippen molar-refractivity contribution in [2.45, 2.75) is 19.3 Å². The third kappa shape index (κ3) is 4.23. The molecule has 0 bridgehead atoms. The van der Waals surface area contributed by atoms with Gasteiger partial charge >= 0.3 is 0 Å². The number of carbonyl (C=O) groups is 1. The zero-order valence-corrected chi connectivity index (χ0v) is 17.8. The predicted molar refractivity (Wildman–Crippen MR) is 124 cm³/mol. The Morgan fingerprint density at radius 3 is 2.87 bits per heavy atom. The van der Waals surface area contributed by atoms with E-state index >= 15 is 0 Å². The van der Waals surface area contributed by atoms with E-state index in [1.54, 1.807) is 23.9 Å². The highest BCUT2D eigenvalue weighted by Crippen LogP contribution is 2.30. The zero-order chi connectivity index (χ0) is 21.0. The summed E-state index contributed by atoms with van der Waals surface area (Å²) < 4.78 is 8.06. The molecule has 4 aromatic rings. The first-order valence-electron chi connectivity index (χ1n) is 10.4. The number of ether oxygens (including phenoxy) is 1. The standard InChI is InChI=1S/C26H22N2O2S/c29-26-21(17-23-5-3-15-31-23)8-7-20-16-22(9-10-24(20)26)30-14-11-19-4-1-2-6-25(19)28-13-12-27-18-28/h1-6,9-10,12-13,15-18H,7-8,11,14H2. The van der Waals surface area contributed by atoms with E-state index in [-0.39, 0.29) is 5.78 Å². The van der Waals surface area contributed by atoms with Gasteiger partial charge in [0.1, 0.15) is 5.75 Å². The number of thiophene rings is 1. The van der Waals surface area contributed by atoms with Crippen LogP contribution in [-0.2, 0) is 12.8 Å². The normalized spacial score (nSPS) is 14.6. The number of benzene rings is 2. The second-order valence-electron chi connectivity index (χ2n) is 7.53. The summed E-state index contributed by atoms with van der Waals surface area (Å²) in [5.41, 5.74) is 5.08. The van der Waals surface area contributed by atoms with Crippen LogP contribution in [0, 0.1) is 0 Å². The molecule has 0 fully saturated rings. The van der Waals surface area contributed by atoms with Crippen LogP contribution in [0.4, 0.5) is 0 Å². The molecule has 1 aliphatic rings. The molecule has 5 heteroatoms. The van der Waals surface area contributed by atoms with Gasteiger partial charge in [-0.1, -0.05) is 24.3 Å². The van der Waals surface area contributed by atoms with Gasteiger partial charge in [0.05, 0.1) is 12.9 Å². The molecule has 0 aliphatic heterocycles. The number of fused-ring (bicyclic) bond motifs is 1. The van der Waals surface area contributed by atoms with Gasteiger partial charge in [-0.05, 0) is 65.8 Å². The van der Waals surface area contributed by atoms with Crippen molar-refractivity contribution in [3.05, 3.63) is 106 Å². The van der Waals surface area contributed by atoms with Gasteiger partial charge in [-0.2, -0.15) is 0 Å². The fraction of sp³-hybridized carbons (Fsp3) is 0.154.